The van der Waals surface area contributed by atoms with E-state index >= 15 is 0 Å². The van der Waals surface area contributed by atoms with Crippen molar-refractivity contribution in [2.45, 2.75) is 19.9 Å². The van der Waals surface area contributed by atoms with Crippen molar-refractivity contribution in [3.63, 3.8) is 0 Å². The van der Waals surface area contributed by atoms with Gasteiger partial charge in [0.05, 0.1) is 13.2 Å². The number of carbonyl (C=O) groups is 1. The standard InChI is InChI=1S/C15H26N4O2/c1-4-8-19(12-15(20)16-2)14-6-5-13(11-18-14)10-17-7-9-21-3/h5-6,11,17H,4,7-10,12H2,1-3H3,(H,16,20). The number of nitrogens with one attached hydrogen (secondary N) is 2. The fourth-order valence-corrected chi connectivity index (χ4v) is 1.91. The number of methoxy groups -OCH3 is 1. The fraction of sp³-hybridized carbons (Fsp3) is 0.600. The summed E-state index contributed by atoms with van der Waals surface area (Å²) in [5.74, 6) is 0.830. The van der Waals surface area contributed by atoms with E-state index in [0.717, 1.165) is 37.4 Å². The summed E-state index contributed by atoms with van der Waals surface area (Å²) in [7, 11) is 3.33. The maximum atomic E-state index is 11.5. The summed E-state index contributed by atoms with van der Waals surface area (Å²) in [5.41, 5.74) is 1.12. The van der Waals surface area contributed by atoms with E-state index in [1.165, 1.54) is 0 Å². The largest absolute Gasteiger partial charge is 0.383 e. The van der Waals surface area contributed by atoms with Gasteiger partial charge in [0, 0.05) is 40.0 Å². The van der Waals surface area contributed by atoms with Gasteiger partial charge in [0.1, 0.15) is 5.82 Å². The van der Waals surface area contributed by atoms with Gasteiger partial charge in [-0.2, -0.15) is 0 Å². The highest BCUT2D eigenvalue weighted by Gasteiger charge is 2.10. The number of aromatic nitrogens is 1. The molecule has 0 atom stereocenters. The third-order valence-electron chi connectivity index (χ3n) is 3.05. The molecule has 0 saturated heterocycles. The Balaban J connectivity index is 2.58. The minimum absolute atomic E-state index is 0.00411. The van der Waals surface area contributed by atoms with Crippen molar-refractivity contribution in [1.82, 2.24) is 15.6 Å². The quantitative estimate of drug-likeness (QED) is 0.624. The summed E-state index contributed by atoms with van der Waals surface area (Å²) in [6.45, 7) is 5.51. The number of nitrogens with zero attached hydrogens (tertiary/aromatic N) is 2. The van der Waals surface area contributed by atoms with Crippen LogP contribution in [0.5, 0.6) is 0 Å². The van der Waals surface area contributed by atoms with E-state index in [9.17, 15) is 4.79 Å². The van der Waals surface area contributed by atoms with Crippen LogP contribution in [0.25, 0.3) is 0 Å². The molecule has 0 aromatic carbocycles. The molecule has 1 heterocycles. The van der Waals surface area contributed by atoms with E-state index in [1.54, 1.807) is 14.2 Å². The zero-order valence-corrected chi connectivity index (χ0v) is 13.2. The van der Waals surface area contributed by atoms with Gasteiger partial charge < -0.3 is 20.3 Å². The van der Waals surface area contributed by atoms with Crippen LogP contribution in [0.2, 0.25) is 0 Å². The molecular formula is C15H26N4O2. The summed E-state index contributed by atoms with van der Waals surface area (Å²) in [6.07, 6.45) is 2.82. The molecule has 1 amide bonds. The monoisotopic (exact) mass is 294 g/mol. The van der Waals surface area contributed by atoms with Gasteiger partial charge in [0.2, 0.25) is 5.91 Å². The Morgan fingerprint density at radius 2 is 2.24 bits per heavy atom. The van der Waals surface area contributed by atoms with E-state index in [1.807, 2.05) is 23.2 Å². The van der Waals surface area contributed by atoms with Crippen LogP contribution in [0.3, 0.4) is 0 Å². The van der Waals surface area contributed by atoms with Crippen molar-refractivity contribution in [3.05, 3.63) is 23.9 Å². The van der Waals surface area contributed by atoms with E-state index in [-0.39, 0.29) is 5.91 Å². The molecule has 2 N–H and O–H groups in total. The highest BCUT2D eigenvalue weighted by atomic mass is 16.5. The maximum absolute atomic E-state index is 11.5. The molecule has 0 radical (unpaired) electrons. The van der Waals surface area contributed by atoms with Crippen LogP contribution in [-0.2, 0) is 16.1 Å². The summed E-state index contributed by atoms with van der Waals surface area (Å²) in [5, 5.41) is 5.92. The van der Waals surface area contributed by atoms with Gasteiger partial charge in [-0.05, 0) is 18.1 Å². The Labute approximate surface area is 126 Å². The van der Waals surface area contributed by atoms with Gasteiger partial charge in [0.25, 0.3) is 0 Å². The molecule has 1 aromatic rings. The molecular weight excluding hydrogens is 268 g/mol. The number of anilines is 1. The minimum Gasteiger partial charge on any atom is -0.383 e. The topological polar surface area (TPSA) is 66.5 Å². The highest BCUT2D eigenvalue weighted by molar-refractivity contribution is 5.80. The van der Waals surface area contributed by atoms with Crippen LogP contribution in [0.15, 0.2) is 18.3 Å². The summed E-state index contributed by atoms with van der Waals surface area (Å²) >= 11 is 0. The van der Waals surface area contributed by atoms with Crippen molar-refractivity contribution in [2.24, 2.45) is 0 Å². The lowest BCUT2D eigenvalue weighted by molar-refractivity contribution is -0.119. The summed E-state index contributed by atoms with van der Waals surface area (Å²) in [4.78, 5) is 18.0. The average Bonchev–Trinajstić information content (AvgIpc) is 2.51. The maximum Gasteiger partial charge on any atom is 0.239 e. The summed E-state index contributed by atoms with van der Waals surface area (Å²) < 4.78 is 4.98. The molecule has 118 valence electrons. The lowest BCUT2D eigenvalue weighted by Crippen LogP contribution is -2.36. The van der Waals surface area contributed by atoms with Gasteiger partial charge in [-0.25, -0.2) is 4.98 Å². The number of ether oxygens (including phenoxy) is 1. The van der Waals surface area contributed by atoms with Gasteiger partial charge in [-0.1, -0.05) is 13.0 Å². The van der Waals surface area contributed by atoms with Crippen molar-refractivity contribution in [2.75, 3.05) is 45.3 Å². The number of hydrogen-bond donors (Lipinski definition) is 2. The predicted octanol–water partition coefficient (Wildman–Crippen LogP) is 0.780. The minimum atomic E-state index is -0.00411. The van der Waals surface area contributed by atoms with Crippen molar-refractivity contribution in [1.29, 1.82) is 0 Å². The zero-order valence-electron chi connectivity index (χ0n) is 13.2. The predicted molar refractivity (Wildman–Crippen MR) is 84.4 cm³/mol. The van der Waals surface area contributed by atoms with E-state index in [0.29, 0.717) is 13.2 Å². The van der Waals surface area contributed by atoms with E-state index < -0.39 is 0 Å². The smallest absolute Gasteiger partial charge is 0.239 e. The fourth-order valence-electron chi connectivity index (χ4n) is 1.91. The molecule has 6 nitrogen and oxygen atoms in total. The van der Waals surface area contributed by atoms with Crippen LogP contribution >= 0.6 is 0 Å². The van der Waals surface area contributed by atoms with Gasteiger partial charge in [-0.3, -0.25) is 4.79 Å². The Hall–Kier alpha value is -1.66. The van der Waals surface area contributed by atoms with Crippen molar-refractivity contribution in [3.8, 4) is 0 Å². The molecule has 0 aliphatic heterocycles. The third kappa shape index (κ3) is 6.55. The van der Waals surface area contributed by atoms with Crippen molar-refractivity contribution < 1.29 is 9.53 Å². The van der Waals surface area contributed by atoms with E-state index in [4.69, 9.17) is 4.74 Å². The lowest BCUT2D eigenvalue weighted by Gasteiger charge is -2.22. The first-order chi connectivity index (χ1) is 10.2. The van der Waals surface area contributed by atoms with Crippen LogP contribution in [-0.4, -0.2) is 51.3 Å². The highest BCUT2D eigenvalue weighted by Crippen LogP contribution is 2.11. The molecule has 0 bridgehead atoms. The number of amides is 1. The molecule has 1 rings (SSSR count). The second kappa shape index (κ2) is 10.1. The second-order valence-corrected chi connectivity index (χ2v) is 4.79. The molecule has 0 spiro atoms. The van der Waals surface area contributed by atoms with Crippen LogP contribution in [0, 0.1) is 0 Å². The number of likely N-dealkylation sites (N-methyl/N-ethyl adjacent to an activating group) is 1. The van der Waals surface area contributed by atoms with Crippen molar-refractivity contribution >= 4 is 11.7 Å². The van der Waals surface area contributed by atoms with Crippen LogP contribution in [0.1, 0.15) is 18.9 Å². The lowest BCUT2D eigenvalue weighted by atomic mass is 10.2. The number of carbonyl (C=O) groups excluding carboxylic acids is 1. The molecule has 0 aliphatic rings. The van der Waals surface area contributed by atoms with E-state index in [2.05, 4.69) is 22.5 Å². The third-order valence-corrected chi connectivity index (χ3v) is 3.05. The average molecular weight is 294 g/mol. The molecule has 1 aromatic heterocycles. The van der Waals surface area contributed by atoms with Gasteiger partial charge in [0.15, 0.2) is 0 Å². The molecule has 0 aliphatic carbocycles. The number of pyridine rings is 1. The zero-order chi connectivity index (χ0) is 15.5. The first-order valence-electron chi connectivity index (χ1n) is 7.31. The molecule has 0 saturated carbocycles. The molecule has 0 unspecified atom stereocenters. The second-order valence-electron chi connectivity index (χ2n) is 4.79. The molecule has 21 heavy (non-hydrogen) atoms. The first-order valence-corrected chi connectivity index (χ1v) is 7.31. The summed E-state index contributed by atoms with van der Waals surface area (Å²) in [6, 6.07) is 4.00. The number of hydrogen-bond acceptors (Lipinski definition) is 5. The van der Waals surface area contributed by atoms with Gasteiger partial charge >= 0.3 is 0 Å². The Morgan fingerprint density at radius 1 is 1.43 bits per heavy atom. The van der Waals surface area contributed by atoms with Crippen LogP contribution in [0.4, 0.5) is 5.82 Å². The molecule has 0 fully saturated rings. The SMILES string of the molecule is CCCN(CC(=O)NC)c1ccc(CNCCOC)cn1. The Morgan fingerprint density at radius 3 is 2.81 bits per heavy atom. The normalized spacial score (nSPS) is 10.4. The first kappa shape index (κ1) is 17.4. The Kier molecular flexibility index (Phi) is 8.38. The van der Waals surface area contributed by atoms with Gasteiger partial charge in [-0.15, -0.1) is 0 Å². The molecule has 6 heteroatoms. The Bertz CT molecular complexity index is 409. The number of rotatable bonds is 10. The van der Waals surface area contributed by atoms with Crippen LogP contribution < -0.4 is 15.5 Å².